The van der Waals surface area contributed by atoms with E-state index >= 15 is 0 Å². The third-order valence-corrected chi connectivity index (χ3v) is 7.76. The molecule has 0 radical (unpaired) electrons. The molecule has 8 heteroatoms. The topological polar surface area (TPSA) is 69.4 Å². The van der Waals surface area contributed by atoms with Crippen molar-refractivity contribution < 1.29 is 9.53 Å². The SMILES string of the molecule is COc1ccc(C(=O)CSc2nnc3c4c5c(sc4nc(C)n23)CC(C)CC5)cc1. The van der Waals surface area contributed by atoms with Crippen molar-refractivity contribution in [1.82, 2.24) is 19.6 Å². The first-order valence-corrected chi connectivity index (χ1v) is 11.8. The van der Waals surface area contributed by atoms with Gasteiger partial charge in [-0.2, -0.15) is 0 Å². The van der Waals surface area contributed by atoms with Gasteiger partial charge in [-0.3, -0.25) is 9.20 Å². The summed E-state index contributed by atoms with van der Waals surface area (Å²) in [7, 11) is 1.61. The summed E-state index contributed by atoms with van der Waals surface area (Å²) in [5.41, 5.74) is 2.92. The lowest BCUT2D eigenvalue weighted by atomic mass is 9.89. The highest BCUT2D eigenvalue weighted by molar-refractivity contribution is 7.99. The number of methoxy groups -OCH3 is 1. The summed E-state index contributed by atoms with van der Waals surface area (Å²) in [6, 6.07) is 7.18. The monoisotopic (exact) mass is 438 g/mol. The van der Waals surface area contributed by atoms with Crippen molar-refractivity contribution in [2.75, 3.05) is 12.9 Å². The Morgan fingerprint density at radius 3 is 2.87 bits per heavy atom. The minimum absolute atomic E-state index is 0.0491. The number of thioether (sulfide) groups is 1. The summed E-state index contributed by atoms with van der Waals surface area (Å²) >= 11 is 3.20. The Bertz CT molecular complexity index is 1260. The number of ether oxygens (including phenoxy) is 1. The van der Waals surface area contributed by atoms with Crippen molar-refractivity contribution in [2.24, 2.45) is 5.92 Å². The largest absolute Gasteiger partial charge is 0.497 e. The molecule has 0 saturated heterocycles. The first-order chi connectivity index (χ1) is 14.5. The molecule has 0 saturated carbocycles. The van der Waals surface area contributed by atoms with Gasteiger partial charge in [0, 0.05) is 10.4 Å². The molecule has 6 nitrogen and oxygen atoms in total. The Labute approximate surface area is 182 Å². The maximum Gasteiger partial charge on any atom is 0.197 e. The molecule has 0 amide bonds. The first-order valence-electron chi connectivity index (χ1n) is 10.0. The van der Waals surface area contributed by atoms with Crippen LogP contribution in [0.1, 0.15) is 40.0 Å². The standard InChI is InChI=1S/C22H22N4O2S2/c1-12-4-9-16-18(10-12)30-21-19(16)20-24-25-22(26(20)13(2)23-21)29-11-17(27)14-5-7-15(28-3)8-6-14/h5-8,12H,4,9-11H2,1-3H3. The Morgan fingerprint density at radius 2 is 2.10 bits per heavy atom. The molecule has 0 fully saturated rings. The molecule has 1 atom stereocenters. The van der Waals surface area contributed by atoms with Gasteiger partial charge in [-0.05, 0) is 61.9 Å². The van der Waals surface area contributed by atoms with Crippen molar-refractivity contribution >= 4 is 44.7 Å². The van der Waals surface area contributed by atoms with Gasteiger partial charge in [0.15, 0.2) is 16.6 Å². The van der Waals surface area contributed by atoms with Gasteiger partial charge in [0.25, 0.3) is 0 Å². The lowest BCUT2D eigenvalue weighted by Gasteiger charge is -2.17. The Balaban J connectivity index is 1.46. The molecule has 0 aliphatic heterocycles. The van der Waals surface area contributed by atoms with Crippen LogP contribution in [0.4, 0.5) is 0 Å². The highest BCUT2D eigenvalue weighted by atomic mass is 32.2. The molecule has 30 heavy (non-hydrogen) atoms. The third-order valence-electron chi connectivity index (χ3n) is 5.68. The van der Waals surface area contributed by atoms with Crippen LogP contribution in [-0.2, 0) is 12.8 Å². The van der Waals surface area contributed by atoms with E-state index < -0.39 is 0 Å². The number of aryl methyl sites for hydroxylation is 2. The number of ketones is 1. The van der Waals surface area contributed by atoms with Crippen molar-refractivity contribution in [3.05, 3.63) is 46.1 Å². The number of hydrogen-bond donors (Lipinski definition) is 0. The van der Waals surface area contributed by atoms with Crippen LogP contribution in [0, 0.1) is 12.8 Å². The summed E-state index contributed by atoms with van der Waals surface area (Å²) in [5, 5.41) is 10.8. The molecule has 0 bridgehead atoms. The van der Waals surface area contributed by atoms with Crippen molar-refractivity contribution in [3.63, 3.8) is 0 Å². The van der Waals surface area contributed by atoms with E-state index in [1.165, 1.54) is 28.6 Å². The van der Waals surface area contributed by atoms with Gasteiger partial charge in [0.2, 0.25) is 0 Å². The van der Waals surface area contributed by atoms with Crippen LogP contribution in [-0.4, -0.2) is 38.2 Å². The van der Waals surface area contributed by atoms with E-state index in [0.717, 1.165) is 46.2 Å². The molecule has 5 rings (SSSR count). The second-order valence-electron chi connectivity index (χ2n) is 7.77. The van der Waals surface area contributed by atoms with Crippen molar-refractivity contribution in [1.29, 1.82) is 0 Å². The van der Waals surface area contributed by atoms with Crippen molar-refractivity contribution in [2.45, 2.75) is 38.3 Å². The molecule has 0 spiro atoms. The average molecular weight is 439 g/mol. The van der Waals surface area contributed by atoms with E-state index in [2.05, 4.69) is 17.1 Å². The number of aromatic nitrogens is 4. The van der Waals surface area contributed by atoms with Gasteiger partial charge in [-0.1, -0.05) is 18.7 Å². The quantitative estimate of drug-likeness (QED) is 0.331. The molecule has 1 unspecified atom stereocenters. The Kier molecular flexibility index (Phi) is 4.99. The average Bonchev–Trinajstić information content (AvgIpc) is 3.32. The van der Waals surface area contributed by atoms with Gasteiger partial charge in [-0.15, -0.1) is 21.5 Å². The third kappa shape index (κ3) is 3.28. The number of hydrogen-bond acceptors (Lipinski definition) is 7. The predicted octanol–water partition coefficient (Wildman–Crippen LogP) is 4.76. The normalized spacial score (nSPS) is 16.2. The lowest BCUT2D eigenvalue weighted by Crippen LogP contribution is -2.09. The molecule has 3 heterocycles. The Hall–Kier alpha value is -2.45. The van der Waals surface area contributed by atoms with Crippen molar-refractivity contribution in [3.8, 4) is 5.75 Å². The fraction of sp³-hybridized carbons (Fsp3) is 0.364. The summed E-state index contributed by atoms with van der Waals surface area (Å²) < 4.78 is 7.16. The predicted molar refractivity (Wildman–Crippen MR) is 120 cm³/mol. The molecule has 1 aliphatic rings. The number of fused-ring (bicyclic) bond motifs is 5. The molecule has 1 aromatic carbocycles. The number of nitrogens with zero attached hydrogens (tertiary/aromatic N) is 4. The number of thiophene rings is 1. The second kappa shape index (κ2) is 7.67. The maximum absolute atomic E-state index is 12.6. The van der Waals surface area contributed by atoms with Crippen LogP contribution in [0.25, 0.3) is 15.9 Å². The van der Waals surface area contributed by atoms with E-state index in [-0.39, 0.29) is 5.78 Å². The highest BCUT2D eigenvalue weighted by Crippen LogP contribution is 2.39. The second-order valence-corrected chi connectivity index (χ2v) is 9.80. The van der Waals surface area contributed by atoms with Crippen LogP contribution in [0.15, 0.2) is 29.4 Å². The van der Waals surface area contributed by atoms with Gasteiger partial charge in [-0.25, -0.2) is 4.98 Å². The first kappa shape index (κ1) is 19.5. The number of carbonyl (C=O) groups is 1. The molecule has 154 valence electrons. The number of carbonyl (C=O) groups excluding carboxylic acids is 1. The van der Waals surface area contributed by atoms with Gasteiger partial charge in [0.05, 0.1) is 18.2 Å². The van der Waals surface area contributed by atoms with E-state index in [1.807, 2.05) is 11.3 Å². The van der Waals surface area contributed by atoms with E-state index in [9.17, 15) is 4.79 Å². The fourth-order valence-corrected chi connectivity index (χ4v) is 6.35. The zero-order valence-electron chi connectivity index (χ0n) is 17.1. The summed E-state index contributed by atoms with van der Waals surface area (Å²) in [5.74, 6) is 2.66. The van der Waals surface area contributed by atoms with E-state index in [4.69, 9.17) is 9.72 Å². The maximum atomic E-state index is 12.6. The minimum Gasteiger partial charge on any atom is -0.497 e. The summed E-state index contributed by atoms with van der Waals surface area (Å²) in [4.78, 5) is 20.0. The number of benzene rings is 1. The van der Waals surface area contributed by atoms with Crippen LogP contribution in [0.3, 0.4) is 0 Å². The highest BCUT2D eigenvalue weighted by Gasteiger charge is 2.25. The van der Waals surface area contributed by atoms with Gasteiger partial charge in [0.1, 0.15) is 16.4 Å². The van der Waals surface area contributed by atoms with Gasteiger partial charge < -0.3 is 4.74 Å². The van der Waals surface area contributed by atoms with E-state index in [1.54, 1.807) is 42.7 Å². The fourth-order valence-electron chi connectivity index (χ4n) is 4.05. The Morgan fingerprint density at radius 1 is 1.30 bits per heavy atom. The zero-order chi connectivity index (χ0) is 20.8. The molecule has 4 aromatic rings. The number of Topliss-reactive ketones (excluding diaryl/α,β-unsaturated/α-hetero) is 1. The van der Waals surface area contributed by atoms with Crippen LogP contribution < -0.4 is 4.74 Å². The van der Waals surface area contributed by atoms with Crippen LogP contribution in [0.2, 0.25) is 0 Å². The summed E-state index contributed by atoms with van der Waals surface area (Å²) in [6.45, 7) is 4.29. The van der Waals surface area contributed by atoms with E-state index in [0.29, 0.717) is 16.5 Å². The zero-order valence-corrected chi connectivity index (χ0v) is 18.8. The van der Waals surface area contributed by atoms with Crippen LogP contribution in [0.5, 0.6) is 5.75 Å². The van der Waals surface area contributed by atoms with Gasteiger partial charge >= 0.3 is 0 Å². The molecular weight excluding hydrogens is 416 g/mol. The molecular formula is C22H22N4O2S2. The molecule has 3 aromatic heterocycles. The number of rotatable bonds is 5. The minimum atomic E-state index is 0.0491. The summed E-state index contributed by atoms with van der Waals surface area (Å²) in [6.07, 6.45) is 3.39. The molecule has 1 aliphatic carbocycles. The smallest absolute Gasteiger partial charge is 0.197 e. The lowest BCUT2D eigenvalue weighted by molar-refractivity contribution is 0.102. The molecule has 0 N–H and O–H groups in total. The van der Waals surface area contributed by atoms with Crippen LogP contribution >= 0.6 is 23.1 Å².